The molecule has 0 saturated heterocycles. The van der Waals surface area contributed by atoms with E-state index in [9.17, 15) is 4.79 Å². The summed E-state index contributed by atoms with van der Waals surface area (Å²) in [7, 11) is 1.56. The van der Waals surface area contributed by atoms with Gasteiger partial charge in [-0.3, -0.25) is 0 Å². The summed E-state index contributed by atoms with van der Waals surface area (Å²) in [4.78, 5) is 11.9. The number of rotatable bonds is 1. The summed E-state index contributed by atoms with van der Waals surface area (Å²) in [6, 6.07) is 10.6. The fourth-order valence-electron chi connectivity index (χ4n) is 2.01. The molecule has 3 rings (SSSR count). The Labute approximate surface area is 108 Å². The maximum absolute atomic E-state index is 11.9. The zero-order chi connectivity index (χ0) is 12.7. The predicted molar refractivity (Wildman–Crippen MR) is 71.6 cm³/mol. The fourth-order valence-corrected chi connectivity index (χ4v) is 2.17. The van der Waals surface area contributed by atoms with Gasteiger partial charge in [0.1, 0.15) is 11.3 Å². The molecule has 0 aliphatic heterocycles. The lowest BCUT2D eigenvalue weighted by atomic mass is 10.1. The highest BCUT2D eigenvalue weighted by Gasteiger charge is 2.08. The maximum atomic E-state index is 11.9. The Morgan fingerprint density at radius 2 is 1.83 bits per heavy atom. The zero-order valence-electron chi connectivity index (χ0n) is 9.57. The van der Waals surface area contributed by atoms with Gasteiger partial charge in [0.2, 0.25) is 0 Å². The van der Waals surface area contributed by atoms with Crippen molar-refractivity contribution in [2.24, 2.45) is 0 Å². The quantitative estimate of drug-likeness (QED) is 0.496. The SMILES string of the molecule is COc1ccc2c(c1)c(=O)oc1cc(Cl)ccc12. The van der Waals surface area contributed by atoms with Crippen molar-refractivity contribution in [3.63, 3.8) is 0 Å². The second-order valence-corrected chi connectivity index (χ2v) is 4.38. The fraction of sp³-hybridized carbons (Fsp3) is 0.0714. The van der Waals surface area contributed by atoms with Crippen LogP contribution in [0.5, 0.6) is 5.75 Å². The van der Waals surface area contributed by atoms with E-state index < -0.39 is 5.63 Å². The highest BCUT2D eigenvalue weighted by atomic mass is 35.5. The molecule has 4 heteroatoms. The first kappa shape index (κ1) is 11.1. The third-order valence-electron chi connectivity index (χ3n) is 2.88. The van der Waals surface area contributed by atoms with Gasteiger partial charge in [-0.15, -0.1) is 0 Å². The molecule has 2 aromatic carbocycles. The minimum Gasteiger partial charge on any atom is -0.497 e. The van der Waals surface area contributed by atoms with E-state index in [1.807, 2.05) is 18.2 Å². The summed E-state index contributed by atoms with van der Waals surface area (Å²) >= 11 is 5.89. The number of benzene rings is 2. The van der Waals surface area contributed by atoms with Gasteiger partial charge in [-0.05, 0) is 30.3 Å². The summed E-state index contributed by atoms with van der Waals surface area (Å²) in [5.41, 5.74) is 0.101. The molecule has 3 nitrogen and oxygen atoms in total. The summed E-state index contributed by atoms with van der Waals surface area (Å²) in [6.45, 7) is 0. The van der Waals surface area contributed by atoms with Gasteiger partial charge in [-0.1, -0.05) is 11.6 Å². The molecule has 3 aromatic rings. The van der Waals surface area contributed by atoms with Gasteiger partial charge in [0.05, 0.1) is 12.5 Å². The minimum atomic E-state index is -0.390. The van der Waals surface area contributed by atoms with Crippen molar-refractivity contribution in [1.82, 2.24) is 0 Å². The van der Waals surface area contributed by atoms with Crippen molar-refractivity contribution in [1.29, 1.82) is 0 Å². The largest absolute Gasteiger partial charge is 0.497 e. The van der Waals surface area contributed by atoms with Gasteiger partial charge in [-0.2, -0.15) is 0 Å². The van der Waals surface area contributed by atoms with Crippen LogP contribution in [0.25, 0.3) is 21.7 Å². The highest BCUT2D eigenvalue weighted by molar-refractivity contribution is 6.31. The van der Waals surface area contributed by atoms with E-state index in [4.69, 9.17) is 20.8 Å². The molecular formula is C14H9ClO3. The average Bonchev–Trinajstić information content (AvgIpc) is 2.38. The first-order valence-electron chi connectivity index (χ1n) is 5.39. The molecule has 0 N–H and O–H groups in total. The van der Waals surface area contributed by atoms with Gasteiger partial charge in [0, 0.05) is 21.9 Å². The van der Waals surface area contributed by atoms with Crippen molar-refractivity contribution < 1.29 is 9.15 Å². The number of fused-ring (bicyclic) bond motifs is 3. The molecule has 90 valence electrons. The Hall–Kier alpha value is -2.00. The number of hydrogen-bond acceptors (Lipinski definition) is 3. The van der Waals surface area contributed by atoms with Crippen LogP contribution in [-0.2, 0) is 0 Å². The van der Waals surface area contributed by atoms with E-state index in [1.165, 1.54) is 0 Å². The third kappa shape index (κ3) is 1.64. The number of hydrogen-bond donors (Lipinski definition) is 0. The molecular weight excluding hydrogens is 252 g/mol. The molecule has 1 aromatic heterocycles. The first-order valence-corrected chi connectivity index (χ1v) is 5.77. The van der Waals surface area contributed by atoms with Gasteiger partial charge in [-0.25, -0.2) is 4.79 Å². The number of ether oxygens (including phenoxy) is 1. The number of halogens is 1. The second-order valence-electron chi connectivity index (χ2n) is 3.94. The monoisotopic (exact) mass is 260 g/mol. The normalized spacial score (nSPS) is 11.0. The lowest BCUT2D eigenvalue weighted by Crippen LogP contribution is -2.00. The van der Waals surface area contributed by atoms with Gasteiger partial charge in [0.15, 0.2) is 0 Å². The minimum absolute atomic E-state index is 0.390. The van der Waals surface area contributed by atoms with Crippen LogP contribution in [-0.4, -0.2) is 7.11 Å². The van der Waals surface area contributed by atoms with Crippen LogP contribution in [0.1, 0.15) is 0 Å². The van der Waals surface area contributed by atoms with Crippen molar-refractivity contribution >= 4 is 33.3 Å². The Morgan fingerprint density at radius 1 is 1.06 bits per heavy atom. The summed E-state index contributed by atoms with van der Waals surface area (Å²) in [6.07, 6.45) is 0. The highest BCUT2D eigenvalue weighted by Crippen LogP contribution is 2.27. The van der Waals surface area contributed by atoms with Gasteiger partial charge >= 0.3 is 5.63 Å². The Bertz CT molecular complexity index is 805. The lowest BCUT2D eigenvalue weighted by Gasteiger charge is -2.04. The predicted octanol–water partition coefficient (Wildman–Crippen LogP) is 3.61. The van der Waals surface area contributed by atoms with Crippen LogP contribution in [0.2, 0.25) is 5.02 Å². The summed E-state index contributed by atoms with van der Waals surface area (Å²) in [5.74, 6) is 0.628. The molecule has 0 amide bonds. The molecule has 0 fully saturated rings. The first-order chi connectivity index (χ1) is 8.69. The van der Waals surface area contributed by atoms with Crippen molar-refractivity contribution in [3.05, 3.63) is 51.8 Å². The van der Waals surface area contributed by atoms with E-state index in [0.717, 1.165) is 10.8 Å². The van der Waals surface area contributed by atoms with E-state index >= 15 is 0 Å². The Balaban J connectivity index is 2.51. The zero-order valence-corrected chi connectivity index (χ0v) is 10.3. The third-order valence-corrected chi connectivity index (χ3v) is 3.12. The van der Waals surface area contributed by atoms with Crippen LogP contribution in [0, 0.1) is 0 Å². The summed E-state index contributed by atoms with van der Waals surface area (Å²) < 4.78 is 10.4. The van der Waals surface area contributed by atoms with Crippen LogP contribution in [0.4, 0.5) is 0 Å². The van der Waals surface area contributed by atoms with Gasteiger partial charge < -0.3 is 9.15 Å². The van der Waals surface area contributed by atoms with E-state index in [-0.39, 0.29) is 0 Å². The lowest BCUT2D eigenvalue weighted by molar-refractivity contribution is 0.415. The van der Waals surface area contributed by atoms with Crippen molar-refractivity contribution in [3.8, 4) is 5.75 Å². The number of methoxy groups -OCH3 is 1. The maximum Gasteiger partial charge on any atom is 0.344 e. The topological polar surface area (TPSA) is 39.4 Å². The van der Waals surface area contributed by atoms with Crippen molar-refractivity contribution in [2.45, 2.75) is 0 Å². The second kappa shape index (κ2) is 4.03. The molecule has 1 heterocycles. The molecule has 0 unspecified atom stereocenters. The molecule has 0 radical (unpaired) electrons. The van der Waals surface area contributed by atoms with E-state index in [0.29, 0.717) is 21.7 Å². The molecule has 0 atom stereocenters. The van der Waals surface area contributed by atoms with E-state index in [1.54, 1.807) is 25.3 Å². The molecule has 0 bridgehead atoms. The van der Waals surface area contributed by atoms with Crippen molar-refractivity contribution in [2.75, 3.05) is 7.11 Å². The molecule has 0 spiro atoms. The molecule has 18 heavy (non-hydrogen) atoms. The van der Waals surface area contributed by atoms with Crippen LogP contribution in [0.15, 0.2) is 45.6 Å². The molecule has 0 saturated carbocycles. The molecule has 0 aliphatic rings. The van der Waals surface area contributed by atoms with Crippen LogP contribution in [0.3, 0.4) is 0 Å². The average molecular weight is 261 g/mol. The van der Waals surface area contributed by atoms with Gasteiger partial charge in [0.25, 0.3) is 0 Å². The van der Waals surface area contributed by atoms with Crippen LogP contribution < -0.4 is 10.4 Å². The Kier molecular flexibility index (Phi) is 2.49. The summed E-state index contributed by atoms with van der Waals surface area (Å²) in [5, 5.41) is 2.73. The van der Waals surface area contributed by atoms with Crippen LogP contribution >= 0.6 is 11.6 Å². The molecule has 0 aliphatic carbocycles. The Morgan fingerprint density at radius 3 is 2.61 bits per heavy atom. The van der Waals surface area contributed by atoms with E-state index in [2.05, 4.69) is 0 Å². The smallest absolute Gasteiger partial charge is 0.344 e. The standard InChI is InChI=1S/C14H9ClO3/c1-17-9-3-5-10-11-4-2-8(15)6-13(11)18-14(16)12(10)7-9/h2-7H,1H3.